The highest BCUT2D eigenvalue weighted by molar-refractivity contribution is 6.18. The number of hydrogen-bond acceptors (Lipinski definition) is 5. The van der Waals surface area contributed by atoms with E-state index in [1.54, 1.807) is 0 Å². The quantitative estimate of drug-likeness (QED) is 0.609. The topological polar surface area (TPSA) is 49.0 Å². The molecule has 0 aliphatic carbocycles. The van der Waals surface area contributed by atoms with E-state index in [0.717, 1.165) is 12.1 Å². The van der Waals surface area contributed by atoms with Crippen molar-refractivity contribution in [2.24, 2.45) is 0 Å². The van der Waals surface area contributed by atoms with Crippen molar-refractivity contribution >= 4 is 11.6 Å². The van der Waals surface area contributed by atoms with Gasteiger partial charge in [0.25, 0.3) is 0 Å². The Balaban J connectivity index is 1.61. The molecule has 1 aromatic rings. The van der Waals surface area contributed by atoms with Gasteiger partial charge in [-0.05, 0) is 19.4 Å². The van der Waals surface area contributed by atoms with Crippen LogP contribution in [0.5, 0.6) is 0 Å². The summed E-state index contributed by atoms with van der Waals surface area (Å²) in [6.45, 7) is 5.73. The predicted molar refractivity (Wildman–Crippen MR) is 87.3 cm³/mol. The van der Waals surface area contributed by atoms with Crippen LogP contribution in [0.1, 0.15) is 19.4 Å². The summed E-state index contributed by atoms with van der Waals surface area (Å²) in [4.78, 5) is 0. The summed E-state index contributed by atoms with van der Waals surface area (Å²) >= 11 is 5.71. The highest BCUT2D eigenvalue weighted by atomic mass is 35.5. The molecule has 2 aliphatic heterocycles. The molecule has 3 rings (SSSR count). The zero-order chi connectivity index (χ0) is 16.3. The Labute approximate surface area is 142 Å². The first-order valence-electron chi connectivity index (χ1n) is 8.02. The molecule has 1 aromatic carbocycles. The molecule has 2 aliphatic rings. The van der Waals surface area contributed by atoms with Gasteiger partial charge in [0.15, 0.2) is 12.1 Å². The standard InChI is InChI=1S/C17H24ClNO4/c1-17(2)22-14-13(10-19-9-8-18)21-16(15(14)23-17)20-11-12-6-4-3-5-7-12/h3-7,13-16,19H,8-11H2,1-2H3/t13-,14-,15-,16-/m1/s1. The number of ether oxygens (including phenoxy) is 4. The van der Waals surface area contributed by atoms with Gasteiger partial charge < -0.3 is 24.3 Å². The molecule has 1 N–H and O–H groups in total. The van der Waals surface area contributed by atoms with Crippen molar-refractivity contribution in [3.63, 3.8) is 0 Å². The van der Waals surface area contributed by atoms with Crippen LogP contribution in [0.4, 0.5) is 0 Å². The Morgan fingerprint density at radius 1 is 1.17 bits per heavy atom. The highest BCUT2D eigenvalue weighted by Crippen LogP contribution is 2.39. The van der Waals surface area contributed by atoms with E-state index in [1.807, 2.05) is 44.2 Å². The van der Waals surface area contributed by atoms with E-state index in [9.17, 15) is 0 Å². The third kappa shape index (κ3) is 4.24. The van der Waals surface area contributed by atoms with E-state index in [1.165, 1.54) is 0 Å². The molecule has 6 heteroatoms. The molecule has 5 nitrogen and oxygen atoms in total. The van der Waals surface area contributed by atoms with Crippen molar-refractivity contribution in [3.05, 3.63) is 35.9 Å². The maximum absolute atomic E-state index is 6.01. The van der Waals surface area contributed by atoms with Gasteiger partial charge in [-0.25, -0.2) is 0 Å². The Morgan fingerprint density at radius 2 is 1.91 bits per heavy atom. The van der Waals surface area contributed by atoms with Crippen LogP contribution in [0.15, 0.2) is 30.3 Å². The van der Waals surface area contributed by atoms with Crippen LogP contribution in [-0.4, -0.2) is 49.4 Å². The van der Waals surface area contributed by atoms with Gasteiger partial charge in [-0.3, -0.25) is 0 Å². The fraction of sp³-hybridized carbons (Fsp3) is 0.647. The fourth-order valence-corrected chi connectivity index (χ4v) is 3.14. The van der Waals surface area contributed by atoms with Crippen LogP contribution in [0.2, 0.25) is 0 Å². The smallest absolute Gasteiger partial charge is 0.187 e. The van der Waals surface area contributed by atoms with Crippen molar-refractivity contribution in [3.8, 4) is 0 Å². The molecule has 0 bridgehead atoms. The zero-order valence-electron chi connectivity index (χ0n) is 13.5. The lowest BCUT2D eigenvalue weighted by Gasteiger charge is -2.24. The number of hydrogen-bond donors (Lipinski definition) is 1. The molecule has 23 heavy (non-hydrogen) atoms. The second-order valence-corrected chi connectivity index (χ2v) is 6.68. The van der Waals surface area contributed by atoms with Crippen molar-refractivity contribution in [2.45, 2.75) is 50.8 Å². The van der Waals surface area contributed by atoms with Crippen LogP contribution < -0.4 is 5.32 Å². The minimum absolute atomic E-state index is 0.106. The molecule has 0 amide bonds. The normalized spacial score (nSPS) is 32.1. The van der Waals surface area contributed by atoms with Crippen LogP contribution >= 0.6 is 11.6 Å². The van der Waals surface area contributed by atoms with Gasteiger partial charge in [-0.2, -0.15) is 0 Å². The summed E-state index contributed by atoms with van der Waals surface area (Å²) in [6.07, 6.45) is -0.874. The molecule has 0 spiro atoms. The average Bonchev–Trinajstić information content (AvgIpc) is 3.01. The van der Waals surface area contributed by atoms with Crippen molar-refractivity contribution in [1.82, 2.24) is 5.32 Å². The van der Waals surface area contributed by atoms with Gasteiger partial charge in [0.05, 0.1) is 6.61 Å². The van der Waals surface area contributed by atoms with Crippen LogP contribution in [0, 0.1) is 0 Å². The maximum atomic E-state index is 6.01. The van der Waals surface area contributed by atoms with Crippen molar-refractivity contribution < 1.29 is 18.9 Å². The third-order valence-corrected chi connectivity index (χ3v) is 4.17. The van der Waals surface area contributed by atoms with E-state index >= 15 is 0 Å². The second-order valence-electron chi connectivity index (χ2n) is 6.30. The Morgan fingerprint density at radius 3 is 2.65 bits per heavy atom. The first kappa shape index (κ1) is 17.1. The molecule has 0 aromatic heterocycles. The minimum atomic E-state index is -0.613. The lowest BCUT2D eigenvalue weighted by molar-refractivity contribution is -0.235. The molecule has 2 fully saturated rings. The van der Waals surface area contributed by atoms with Gasteiger partial charge in [-0.1, -0.05) is 30.3 Å². The Hall–Kier alpha value is -0.690. The van der Waals surface area contributed by atoms with Crippen LogP contribution in [0.3, 0.4) is 0 Å². The van der Waals surface area contributed by atoms with Crippen molar-refractivity contribution in [2.75, 3.05) is 19.0 Å². The summed E-state index contributed by atoms with van der Waals surface area (Å²) in [7, 11) is 0. The number of benzene rings is 1. The molecule has 0 saturated carbocycles. The highest BCUT2D eigenvalue weighted by Gasteiger charge is 2.55. The van der Waals surface area contributed by atoms with E-state index in [-0.39, 0.29) is 18.3 Å². The first-order chi connectivity index (χ1) is 11.1. The molecule has 0 unspecified atom stereocenters. The van der Waals surface area contributed by atoms with Gasteiger partial charge in [0.2, 0.25) is 0 Å². The monoisotopic (exact) mass is 341 g/mol. The molecular formula is C17H24ClNO4. The largest absolute Gasteiger partial charge is 0.345 e. The van der Waals surface area contributed by atoms with E-state index in [0.29, 0.717) is 19.0 Å². The molecule has 2 saturated heterocycles. The molecule has 0 radical (unpaired) electrons. The van der Waals surface area contributed by atoms with Crippen LogP contribution in [0.25, 0.3) is 0 Å². The predicted octanol–water partition coefficient (Wildman–Crippen LogP) is 2.28. The zero-order valence-corrected chi connectivity index (χ0v) is 14.3. The fourth-order valence-electron chi connectivity index (χ4n) is 3.00. The number of fused-ring (bicyclic) bond motifs is 1. The van der Waals surface area contributed by atoms with E-state index in [4.69, 9.17) is 30.5 Å². The molecule has 128 valence electrons. The Bertz CT molecular complexity index is 499. The number of alkyl halides is 1. The van der Waals surface area contributed by atoms with Crippen LogP contribution in [-0.2, 0) is 25.6 Å². The summed E-state index contributed by atoms with van der Waals surface area (Å²) in [6, 6.07) is 10.0. The van der Waals surface area contributed by atoms with Gasteiger partial charge in [-0.15, -0.1) is 11.6 Å². The molecule has 4 atom stereocenters. The van der Waals surface area contributed by atoms with Gasteiger partial charge in [0, 0.05) is 19.0 Å². The maximum Gasteiger partial charge on any atom is 0.187 e. The Kier molecular flexibility index (Phi) is 5.57. The summed E-state index contributed by atoms with van der Waals surface area (Å²) in [5.41, 5.74) is 1.11. The van der Waals surface area contributed by atoms with Gasteiger partial charge >= 0.3 is 0 Å². The number of nitrogens with one attached hydrogen (secondary N) is 1. The summed E-state index contributed by atoms with van der Waals surface area (Å²) in [5.74, 6) is -0.0458. The van der Waals surface area contributed by atoms with Crippen molar-refractivity contribution in [1.29, 1.82) is 0 Å². The van der Waals surface area contributed by atoms with E-state index in [2.05, 4.69) is 5.32 Å². The van der Waals surface area contributed by atoms with E-state index < -0.39 is 12.1 Å². The minimum Gasteiger partial charge on any atom is -0.345 e. The molecular weight excluding hydrogens is 318 g/mol. The number of rotatable bonds is 7. The summed E-state index contributed by atoms with van der Waals surface area (Å²) < 4.78 is 23.9. The number of halogens is 1. The van der Waals surface area contributed by atoms with Gasteiger partial charge in [0.1, 0.15) is 18.3 Å². The summed E-state index contributed by atoms with van der Waals surface area (Å²) in [5, 5.41) is 3.26. The average molecular weight is 342 g/mol. The molecule has 2 heterocycles. The first-order valence-corrected chi connectivity index (χ1v) is 8.56. The lowest BCUT2D eigenvalue weighted by atomic mass is 10.1. The SMILES string of the molecule is CC1(C)O[C@H]2[C@H](OCc3ccccc3)O[C@H](CNCCCl)[C@H]2O1. The second kappa shape index (κ2) is 7.47. The third-order valence-electron chi connectivity index (χ3n) is 3.98. The lowest BCUT2D eigenvalue weighted by Crippen LogP contribution is -2.38.